The summed E-state index contributed by atoms with van der Waals surface area (Å²) in [6.45, 7) is 0.207. The molecule has 1 fully saturated rings. The topological polar surface area (TPSA) is 76.3 Å². The first kappa shape index (κ1) is 26.4. The van der Waals surface area contributed by atoms with Crippen LogP contribution in [0.1, 0.15) is 16.8 Å². The molecule has 0 unspecified atom stereocenters. The molecule has 2 N–H and O–H groups in total. The minimum absolute atomic E-state index is 0.104. The number of pyridine rings is 1. The first-order valence-electron chi connectivity index (χ1n) is 11.0. The number of nitrogens with two attached hydrogens (primary N) is 1. The van der Waals surface area contributed by atoms with Crippen molar-refractivity contribution in [3.05, 3.63) is 109 Å². The van der Waals surface area contributed by atoms with Crippen molar-refractivity contribution in [2.75, 3.05) is 13.1 Å². The smallest absolute Gasteiger partial charge is 0.240 e. The Kier molecular flexibility index (Phi) is 8.50. The summed E-state index contributed by atoms with van der Waals surface area (Å²) >= 11 is 24.4. The number of nitrogens with zero attached hydrogens (tertiary/aromatic N) is 2. The molecule has 0 saturated carbocycles. The van der Waals surface area contributed by atoms with Crippen LogP contribution in [0.2, 0.25) is 20.1 Å². The summed E-state index contributed by atoms with van der Waals surface area (Å²) < 4.78 is 0. The Labute approximate surface area is 229 Å². The average molecular weight is 561 g/mol. The number of carbonyl (C=O) groups is 2. The number of ketones is 1. The number of rotatable bonds is 5. The highest BCUT2D eigenvalue weighted by atomic mass is 35.5. The number of amides is 1. The van der Waals surface area contributed by atoms with E-state index in [1.165, 1.54) is 0 Å². The van der Waals surface area contributed by atoms with Gasteiger partial charge in [0.15, 0.2) is 5.78 Å². The maximum atomic E-state index is 13.4. The Morgan fingerprint density at radius 1 is 0.889 bits per heavy atom. The van der Waals surface area contributed by atoms with Crippen LogP contribution in [-0.2, 0) is 16.0 Å². The molecule has 184 valence electrons. The lowest BCUT2D eigenvalue weighted by atomic mass is 9.93. The van der Waals surface area contributed by atoms with Crippen molar-refractivity contribution in [1.29, 1.82) is 0 Å². The molecule has 9 heteroatoms. The number of hydrogen-bond acceptors (Lipinski definition) is 4. The van der Waals surface area contributed by atoms with Crippen LogP contribution in [0.3, 0.4) is 0 Å². The number of hydrogen-bond donors (Lipinski definition) is 1. The van der Waals surface area contributed by atoms with Crippen LogP contribution in [0.25, 0.3) is 12.2 Å². The zero-order valence-electron chi connectivity index (χ0n) is 18.9. The number of Topliss-reactive ketones (excluding diaryl/α,β-unsaturated/α-hetero) is 1. The van der Waals surface area contributed by atoms with Gasteiger partial charge in [-0.2, -0.15) is 0 Å². The monoisotopic (exact) mass is 559 g/mol. The molecule has 3 aromatic rings. The first-order chi connectivity index (χ1) is 17.2. The van der Waals surface area contributed by atoms with Crippen molar-refractivity contribution in [1.82, 2.24) is 9.88 Å². The molecule has 1 saturated heterocycles. The van der Waals surface area contributed by atoms with Crippen LogP contribution < -0.4 is 5.73 Å². The summed E-state index contributed by atoms with van der Waals surface area (Å²) in [7, 11) is 0. The number of halogens is 4. The molecule has 1 aromatic heterocycles. The molecule has 2 heterocycles. The quantitative estimate of drug-likeness (QED) is 0.380. The average Bonchev–Trinajstić information content (AvgIpc) is 2.86. The minimum Gasteiger partial charge on any atom is -0.332 e. The third-order valence-electron chi connectivity index (χ3n) is 5.66. The van der Waals surface area contributed by atoms with Gasteiger partial charge in [-0.1, -0.05) is 64.6 Å². The zero-order chi connectivity index (χ0) is 25.8. The predicted octanol–water partition coefficient (Wildman–Crippen LogP) is 6.14. The van der Waals surface area contributed by atoms with Crippen LogP contribution >= 0.6 is 46.4 Å². The van der Waals surface area contributed by atoms with Crippen molar-refractivity contribution < 1.29 is 9.59 Å². The Morgan fingerprint density at radius 3 is 1.92 bits per heavy atom. The van der Waals surface area contributed by atoms with Crippen molar-refractivity contribution >= 4 is 70.2 Å². The number of piperidine rings is 1. The Bertz CT molecular complexity index is 1300. The van der Waals surface area contributed by atoms with Crippen LogP contribution in [0, 0.1) is 0 Å². The van der Waals surface area contributed by atoms with Gasteiger partial charge < -0.3 is 10.6 Å². The molecule has 5 nitrogen and oxygen atoms in total. The van der Waals surface area contributed by atoms with Crippen molar-refractivity contribution in [2.24, 2.45) is 5.73 Å². The number of carbonyl (C=O) groups excluding carboxylic acids is 2. The van der Waals surface area contributed by atoms with E-state index in [2.05, 4.69) is 4.98 Å². The minimum atomic E-state index is -0.814. The second-order valence-corrected chi connectivity index (χ2v) is 9.97. The van der Waals surface area contributed by atoms with E-state index in [9.17, 15) is 9.59 Å². The van der Waals surface area contributed by atoms with Crippen LogP contribution in [0.4, 0.5) is 0 Å². The van der Waals surface area contributed by atoms with Gasteiger partial charge >= 0.3 is 0 Å². The summed E-state index contributed by atoms with van der Waals surface area (Å²) in [6, 6.07) is 14.8. The van der Waals surface area contributed by atoms with Gasteiger partial charge in [-0.3, -0.25) is 14.6 Å². The third-order valence-corrected chi connectivity index (χ3v) is 7.14. The second-order valence-electron chi connectivity index (χ2n) is 8.34. The van der Waals surface area contributed by atoms with E-state index in [0.29, 0.717) is 48.1 Å². The highest BCUT2D eigenvalue weighted by Gasteiger charge is 2.31. The molecule has 0 spiro atoms. The molecule has 1 amide bonds. The van der Waals surface area contributed by atoms with Gasteiger partial charge in [0.2, 0.25) is 5.91 Å². The lowest BCUT2D eigenvalue weighted by Gasteiger charge is -2.32. The van der Waals surface area contributed by atoms with E-state index in [1.54, 1.807) is 65.7 Å². The molecule has 1 aliphatic rings. The highest BCUT2D eigenvalue weighted by molar-refractivity contribution is 6.42. The van der Waals surface area contributed by atoms with Gasteiger partial charge in [0.05, 0.1) is 26.1 Å². The summed E-state index contributed by atoms with van der Waals surface area (Å²) in [6.07, 6.45) is 5.35. The standard InChI is InChI=1S/C27H21Cl4N3O2/c28-21-6-4-16(11-23(21)30)9-18-14-34(27(36)25(32)13-20-3-1-2-8-33-20)15-19(26(18)35)10-17-5-7-22(29)24(31)12-17/h1-12,25H,13-15,32H2/b18-9+,19-10+/t25-/m0/s1. The molecule has 2 aromatic carbocycles. The first-order valence-corrected chi connectivity index (χ1v) is 12.5. The summed E-state index contributed by atoms with van der Waals surface area (Å²) in [5.74, 6) is -0.470. The van der Waals surface area contributed by atoms with E-state index < -0.39 is 6.04 Å². The van der Waals surface area contributed by atoms with Crippen LogP contribution in [0.5, 0.6) is 0 Å². The number of aromatic nitrogens is 1. The molecular weight excluding hydrogens is 540 g/mol. The fourth-order valence-electron chi connectivity index (χ4n) is 3.87. The van der Waals surface area contributed by atoms with Gasteiger partial charge in [-0.15, -0.1) is 0 Å². The Hall–Kier alpha value is -2.67. The Morgan fingerprint density at radius 2 is 1.44 bits per heavy atom. The van der Waals surface area contributed by atoms with E-state index in [-0.39, 0.29) is 31.2 Å². The molecule has 0 radical (unpaired) electrons. The number of benzene rings is 2. The van der Waals surface area contributed by atoms with Crippen molar-refractivity contribution in [3.63, 3.8) is 0 Å². The maximum absolute atomic E-state index is 13.4. The normalized spacial score (nSPS) is 17.0. The van der Waals surface area contributed by atoms with E-state index >= 15 is 0 Å². The van der Waals surface area contributed by atoms with Gasteiger partial charge in [0.1, 0.15) is 0 Å². The van der Waals surface area contributed by atoms with E-state index in [0.717, 1.165) is 0 Å². The second kappa shape index (κ2) is 11.6. The summed E-state index contributed by atoms with van der Waals surface area (Å²) in [5.41, 5.74) is 9.20. The SMILES string of the molecule is N[C@@H](Cc1ccccn1)C(=O)N1C/C(=C\c2ccc(Cl)c(Cl)c2)C(=O)/C(=C/c2ccc(Cl)c(Cl)c2)C1. The lowest BCUT2D eigenvalue weighted by Crippen LogP contribution is -2.49. The molecule has 0 bridgehead atoms. The fourth-order valence-corrected chi connectivity index (χ4v) is 4.48. The van der Waals surface area contributed by atoms with E-state index in [4.69, 9.17) is 52.1 Å². The van der Waals surface area contributed by atoms with E-state index in [1.807, 2.05) is 12.1 Å². The lowest BCUT2D eigenvalue weighted by molar-refractivity contribution is -0.132. The number of likely N-dealkylation sites (tertiary alicyclic amines) is 1. The van der Waals surface area contributed by atoms with Gasteiger partial charge in [-0.05, 0) is 59.7 Å². The molecule has 36 heavy (non-hydrogen) atoms. The molecule has 1 atom stereocenters. The summed E-state index contributed by atoms with van der Waals surface area (Å²) in [5, 5.41) is 1.55. The largest absolute Gasteiger partial charge is 0.332 e. The van der Waals surface area contributed by atoms with Crippen LogP contribution in [0.15, 0.2) is 71.9 Å². The Balaban J connectivity index is 1.68. The molecule has 1 aliphatic heterocycles. The van der Waals surface area contributed by atoms with Crippen LogP contribution in [-0.4, -0.2) is 40.7 Å². The van der Waals surface area contributed by atoms with Crippen molar-refractivity contribution in [3.8, 4) is 0 Å². The summed E-state index contributed by atoms with van der Waals surface area (Å²) in [4.78, 5) is 32.6. The van der Waals surface area contributed by atoms with Crippen molar-refractivity contribution in [2.45, 2.75) is 12.5 Å². The molecular formula is C27H21Cl4N3O2. The van der Waals surface area contributed by atoms with Gasteiger partial charge in [0, 0.05) is 42.5 Å². The maximum Gasteiger partial charge on any atom is 0.240 e. The molecule has 0 aliphatic carbocycles. The molecule has 4 rings (SSSR count). The van der Waals surface area contributed by atoms with Gasteiger partial charge in [-0.25, -0.2) is 0 Å². The predicted molar refractivity (Wildman–Crippen MR) is 146 cm³/mol. The third kappa shape index (κ3) is 6.36. The van der Waals surface area contributed by atoms with Gasteiger partial charge in [0.25, 0.3) is 0 Å². The fraction of sp³-hybridized carbons (Fsp3) is 0.148. The highest BCUT2D eigenvalue weighted by Crippen LogP contribution is 2.28. The zero-order valence-corrected chi connectivity index (χ0v) is 22.0.